The van der Waals surface area contributed by atoms with Gasteiger partial charge >= 0.3 is 0 Å². The summed E-state index contributed by atoms with van der Waals surface area (Å²) in [6.45, 7) is 14.7. The number of carbonyl (C=O) groups excluding carboxylic acids is 1. The van der Waals surface area contributed by atoms with Crippen LogP contribution in [0.1, 0.15) is 32.2 Å². The number of aryl methyl sites for hydroxylation is 2. The summed E-state index contributed by atoms with van der Waals surface area (Å²) < 4.78 is 26.9. The highest BCUT2D eigenvalue weighted by Crippen LogP contribution is 2.40. The minimum atomic E-state index is -1.15. The third-order valence-electron chi connectivity index (χ3n) is 6.81. The highest BCUT2D eigenvalue weighted by Gasteiger charge is 2.50. The van der Waals surface area contributed by atoms with Gasteiger partial charge in [-0.1, -0.05) is 13.0 Å². The van der Waals surface area contributed by atoms with Gasteiger partial charge < -0.3 is 19.5 Å². The quantitative estimate of drug-likeness (QED) is 0.383. The van der Waals surface area contributed by atoms with Crippen molar-refractivity contribution in [2.24, 2.45) is 0 Å². The summed E-state index contributed by atoms with van der Waals surface area (Å²) in [5, 5.41) is 10.7. The summed E-state index contributed by atoms with van der Waals surface area (Å²) in [5.41, 5.74) is 0.971. The van der Waals surface area contributed by atoms with Crippen molar-refractivity contribution < 1.29 is 23.8 Å². The van der Waals surface area contributed by atoms with Crippen LogP contribution in [0.3, 0.4) is 0 Å². The van der Waals surface area contributed by atoms with Gasteiger partial charge in [0.2, 0.25) is 5.88 Å². The molecule has 2 aliphatic heterocycles. The molecule has 38 heavy (non-hydrogen) atoms. The van der Waals surface area contributed by atoms with E-state index in [2.05, 4.69) is 14.8 Å². The summed E-state index contributed by atoms with van der Waals surface area (Å²) in [5.74, 6) is -0.398. The van der Waals surface area contributed by atoms with Crippen LogP contribution in [-0.4, -0.2) is 57.1 Å². The molecule has 0 saturated carbocycles. The predicted molar refractivity (Wildman–Crippen MR) is 144 cm³/mol. The van der Waals surface area contributed by atoms with Crippen LogP contribution in [0.15, 0.2) is 30.3 Å². The first-order valence-electron chi connectivity index (χ1n) is 12.2. The number of thiocarbonyl (C=S) groups is 1. The van der Waals surface area contributed by atoms with E-state index in [1.807, 2.05) is 6.92 Å². The van der Waals surface area contributed by atoms with E-state index in [0.29, 0.717) is 34.9 Å². The van der Waals surface area contributed by atoms with E-state index in [1.54, 1.807) is 49.9 Å². The van der Waals surface area contributed by atoms with E-state index in [1.165, 1.54) is 11.0 Å². The molecular formula is C27H26FN5O4S. The summed E-state index contributed by atoms with van der Waals surface area (Å²) in [7, 11) is 0. The number of hydrogen-bond acceptors (Lipinski definition) is 7. The number of amides is 1. The van der Waals surface area contributed by atoms with Crippen LogP contribution in [-0.2, 0) is 16.0 Å². The topological polar surface area (TPSA) is 92.4 Å². The summed E-state index contributed by atoms with van der Waals surface area (Å²) in [4.78, 5) is 28.9. The van der Waals surface area contributed by atoms with Gasteiger partial charge in [-0.25, -0.2) is 14.2 Å². The van der Waals surface area contributed by atoms with Gasteiger partial charge in [-0.15, -0.1) is 0 Å². The van der Waals surface area contributed by atoms with E-state index in [0.717, 1.165) is 0 Å². The zero-order valence-corrected chi connectivity index (χ0v) is 22.2. The fourth-order valence-electron chi connectivity index (χ4n) is 4.71. The molecule has 1 N–H and O–H groups in total. The number of ether oxygens (including phenoxy) is 2. The molecule has 3 aromatic rings. The molecule has 5 rings (SSSR count). The Balaban J connectivity index is 1.62. The van der Waals surface area contributed by atoms with Crippen LogP contribution in [0.2, 0.25) is 0 Å². The van der Waals surface area contributed by atoms with Crippen molar-refractivity contribution in [2.45, 2.75) is 51.9 Å². The number of fused-ring (bicyclic) bond motifs is 1. The van der Waals surface area contributed by atoms with Crippen LogP contribution in [0.25, 0.3) is 15.7 Å². The predicted octanol–water partition coefficient (Wildman–Crippen LogP) is 4.25. The lowest BCUT2D eigenvalue weighted by atomic mass is 10.0. The van der Waals surface area contributed by atoms with Gasteiger partial charge in [0.05, 0.1) is 25.2 Å². The van der Waals surface area contributed by atoms with Crippen molar-refractivity contribution in [2.75, 3.05) is 23.0 Å². The lowest BCUT2D eigenvalue weighted by Gasteiger charge is -2.30. The number of aliphatic hydroxyl groups is 1. The number of halogens is 1. The van der Waals surface area contributed by atoms with Crippen molar-refractivity contribution in [1.82, 2.24) is 9.97 Å². The Morgan fingerprint density at radius 1 is 1.26 bits per heavy atom. The SMILES string of the molecule is [C-]#[N+]c1ccc(N2C(=O)C(C)(C)N(c3cc(F)c4nc(CC)nc(OC5COCC5O)c4c3)C2=S)cc1C. The number of benzene rings is 2. The minimum absolute atomic E-state index is 0.0699. The van der Waals surface area contributed by atoms with Crippen LogP contribution >= 0.6 is 12.2 Å². The van der Waals surface area contributed by atoms with Crippen LogP contribution in [0, 0.1) is 19.3 Å². The van der Waals surface area contributed by atoms with E-state index in [4.69, 9.17) is 28.3 Å². The summed E-state index contributed by atoms with van der Waals surface area (Å²) in [6.07, 6.45) is -1.05. The lowest BCUT2D eigenvalue weighted by molar-refractivity contribution is -0.120. The monoisotopic (exact) mass is 535 g/mol. The zero-order valence-electron chi connectivity index (χ0n) is 21.4. The van der Waals surface area contributed by atoms with Gasteiger partial charge in [-0.05, 0) is 62.8 Å². The zero-order chi connectivity index (χ0) is 27.4. The van der Waals surface area contributed by atoms with E-state index in [-0.39, 0.29) is 41.0 Å². The first-order chi connectivity index (χ1) is 18.1. The molecule has 0 radical (unpaired) electrons. The van der Waals surface area contributed by atoms with Crippen molar-refractivity contribution in [1.29, 1.82) is 0 Å². The number of aliphatic hydroxyl groups excluding tert-OH is 1. The molecule has 0 spiro atoms. The Morgan fingerprint density at radius 2 is 2.03 bits per heavy atom. The highest BCUT2D eigenvalue weighted by molar-refractivity contribution is 7.81. The molecule has 11 heteroatoms. The first kappa shape index (κ1) is 25.9. The van der Waals surface area contributed by atoms with E-state index in [9.17, 15) is 9.90 Å². The molecular weight excluding hydrogens is 509 g/mol. The molecule has 3 heterocycles. The number of hydrogen-bond donors (Lipinski definition) is 1. The first-order valence-corrected chi connectivity index (χ1v) is 12.6. The van der Waals surface area contributed by atoms with Gasteiger partial charge in [0.1, 0.15) is 23.0 Å². The fraction of sp³-hybridized carbons (Fsp3) is 0.370. The van der Waals surface area contributed by atoms with Crippen molar-refractivity contribution in [3.63, 3.8) is 0 Å². The maximum absolute atomic E-state index is 15.6. The van der Waals surface area contributed by atoms with Crippen LogP contribution in [0.5, 0.6) is 5.88 Å². The standard InChI is InChI=1S/C27H26FN5O4S/c1-6-22-30-23-17(24(31-22)37-21-13-36-12-20(21)34)10-16(11-18(23)28)33-26(38)32(25(35)27(33,3)4)15-7-8-19(29-5)14(2)9-15/h7-11,20-21,34H,6,12-13H2,1-4H3. The van der Waals surface area contributed by atoms with Gasteiger partial charge in [0.15, 0.2) is 22.7 Å². The number of rotatable bonds is 5. The average Bonchev–Trinajstić information content (AvgIpc) is 3.35. The molecule has 1 aromatic heterocycles. The second kappa shape index (κ2) is 9.54. The molecule has 2 fully saturated rings. The Morgan fingerprint density at radius 3 is 2.66 bits per heavy atom. The third-order valence-corrected chi connectivity index (χ3v) is 7.18. The highest BCUT2D eigenvalue weighted by atomic mass is 32.1. The number of carbonyl (C=O) groups is 1. The Kier molecular flexibility index (Phi) is 6.51. The second-order valence-electron chi connectivity index (χ2n) is 9.78. The lowest BCUT2D eigenvalue weighted by Crippen LogP contribution is -2.44. The molecule has 1 amide bonds. The van der Waals surface area contributed by atoms with E-state index >= 15 is 4.39 Å². The Labute approximate surface area is 224 Å². The smallest absolute Gasteiger partial charge is 0.259 e. The molecule has 2 atom stereocenters. The molecule has 9 nitrogen and oxygen atoms in total. The molecule has 2 aromatic carbocycles. The third kappa shape index (κ3) is 4.15. The molecule has 196 valence electrons. The maximum atomic E-state index is 15.6. The van der Waals surface area contributed by atoms with Gasteiger partial charge in [0, 0.05) is 17.8 Å². The fourth-order valence-corrected chi connectivity index (χ4v) is 5.23. The minimum Gasteiger partial charge on any atom is -0.468 e. The average molecular weight is 536 g/mol. The second-order valence-corrected chi connectivity index (χ2v) is 10.1. The van der Waals surface area contributed by atoms with Crippen molar-refractivity contribution >= 4 is 51.2 Å². The van der Waals surface area contributed by atoms with Gasteiger partial charge in [-0.3, -0.25) is 9.69 Å². The maximum Gasteiger partial charge on any atom is 0.259 e. The van der Waals surface area contributed by atoms with Crippen molar-refractivity contribution in [3.05, 3.63) is 59.0 Å². The molecule has 0 aliphatic carbocycles. The van der Waals surface area contributed by atoms with Gasteiger partial charge in [0.25, 0.3) is 5.91 Å². The number of aromatic nitrogens is 2. The summed E-state index contributed by atoms with van der Waals surface area (Å²) >= 11 is 5.76. The summed E-state index contributed by atoms with van der Waals surface area (Å²) in [6, 6.07) is 8.00. The van der Waals surface area contributed by atoms with E-state index < -0.39 is 23.6 Å². The normalized spacial score (nSPS) is 20.9. The molecule has 2 saturated heterocycles. The van der Waals surface area contributed by atoms with Crippen LogP contribution < -0.4 is 14.5 Å². The van der Waals surface area contributed by atoms with Gasteiger partial charge in [-0.2, -0.15) is 4.98 Å². The molecule has 2 aliphatic rings. The molecule has 2 unspecified atom stereocenters. The van der Waals surface area contributed by atoms with Crippen molar-refractivity contribution in [3.8, 4) is 5.88 Å². The molecule has 0 bridgehead atoms. The number of nitrogens with zero attached hydrogens (tertiary/aromatic N) is 5. The Hall–Kier alpha value is -3.72. The van der Waals surface area contributed by atoms with Crippen LogP contribution in [0.4, 0.5) is 21.5 Å². The number of anilines is 2. The Bertz CT molecular complexity index is 1520. The largest absolute Gasteiger partial charge is 0.468 e.